The molecule has 1 heterocycles. The van der Waals surface area contributed by atoms with Crippen molar-refractivity contribution in [2.24, 2.45) is 16.8 Å². The summed E-state index contributed by atoms with van der Waals surface area (Å²) in [7, 11) is 0. The van der Waals surface area contributed by atoms with Crippen LogP contribution in [0.4, 0.5) is 0 Å². The fourth-order valence-electron chi connectivity index (χ4n) is 1.19. The Hall–Kier alpha value is 0.670. The summed E-state index contributed by atoms with van der Waals surface area (Å²) < 4.78 is 0. The second-order valence-electron chi connectivity index (χ2n) is 3.22. The van der Waals surface area contributed by atoms with Gasteiger partial charge in [-0.2, -0.15) is 0 Å². The molecule has 0 bridgehead atoms. The van der Waals surface area contributed by atoms with E-state index in [0.717, 1.165) is 0 Å². The van der Waals surface area contributed by atoms with Gasteiger partial charge in [0.1, 0.15) is 0 Å². The summed E-state index contributed by atoms with van der Waals surface area (Å²) in [6.07, 6.45) is 1.99. The van der Waals surface area contributed by atoms with Crippen LogP contribution in [-0.2, 0) is 0 Å². The number of allylic oxidation sites excluding steroid dienone is 1. The Labute approximate surface area is 99.0 Å². The molecular formula is C9H15ArN. The molecule has 0 aromatic heterocycles. The van der Waals surface area contributed by atoms with E-state index in [-0.39, 0.29) is 37.7 Å². The molecule has 2 heteroatoms. The second kappa shape index (κ2) is 4.64. The van der Waals surface area contributed by atoms with Crippen LogP contribution in [0.1, 0.15) is 27.7 Å². The molecule has 1 aliphatic rings. The van der Waals surface area contributed by atoms with Crippen molar-refractivity contribution in [3.05, 3.63) is 11.8 Å². The van der Waals surface area contributed by atoms with E-state index in [2.05, 4.69) is 32.7 Å². The Morgan fingerprint density at radius 3 is 2.18 bits per heavy atom. The zero-order valence-corrected chi connectivity index (χ0v) is 8.24. The normalized spacial score (nSPS) is 30.2. The van der Waals surface area contributed by atoms with Crippen LogP contribution < -0.4 is 0 Å². The molecule has 2 unspecified atom stereocenters. The van der Waals surface area contributed by atoms with Gasteiger partial charge in [-0.3, -0.25) is 4.99 Å². The zero-order valence-electron chi connectivity index (χ0n) is 7.53. The molecule has 0 radical (unpaired) electrons. The standard InChI is InChI=1S/C9H15N.Ar/c1-6-5-10-9(4)8(3)7(6)2;/h5,7-8H,1-4H3;. The Morgan fingerprint density at radius 2 is 1.73 bits per heavy atom. The van der Waals surface area contributed by atoms with Crippen molar-refractivity contribution in [3.8, 4) is 0 Å². The van der Waals surface area contributed by atoms with E-state index in [1.54, 1.807) is 0 Å². The number of aliphatic imine (C=N–C) groups is 1. The van der Waals surface area contributed by atoms with Crippen LogP contribution in [0.15, 0.2) is 16.8 Å². The van der Waals surface area contributed by atoms with Crippen LogP contribution in [0.25, 0.3) is 0 Å². The molecule has 0 amide bonds. The van der Waals surface area contributed by atoms with Crippen molar-refractivity contribution in [2.45, 2.75) is 27.7 Å². The quantitative estimate of drug-likeness (QED) is 0.539. The van der Waals surface area contributed by atoms with Gasteiger partial charge in [0.2, 0.25) is 0 Å². The van der Waals surface area contributed by atoms with E-state index in [0.29, 0.717) is 11.8 Å². The minimum atomic E-state index is 0. The Balaban J connectivity index is 0.000001000. The minimum Gasteiger partial charge on any atom is -0.266 e. The van der Waals surface area contributed by atoms with Gasteiger partial charge < -0.3 is 0 Å². The number of hydrogen-bond donors (Lipinski definition) is 0. The summed E-state index contributed by atoms with van der Waals surface area (Å²) in [6, 6.07) is 0. The Morgan fingerprint density at radius 1 is 1.18 bits per heavy atom. The molecule has 0 aromatic carbocycles. The first-order chi connectivity index (χ1) is 4.63. The summed E-state index contributed by atoms with van der Waals surface area (Å²) in [6.45, 7) is 8.75. The topological polar surface area (TPSA) is 12.4 Å². The van der Waals surface area contributed by atoms with Crippen LogP contribution >= 0.6 is 0 Å². The van der Waals surface area contributed by atoms with Gasteiger partial charge >= 0.3 is 0 Å². The molecule has 0 N–H and O–H groups in total. The third kappa shape index (κ3) is 2.57. The maximum Gasteiger partial charge on any atom is 0.0259 e. The minimum absolute atomic E-state index is 0. The van der Waals surface area contributed by atoms with Crippen molar-refractivity contribution < 1.29 is 37.7 Å². The van der Waals surface area contributed by atoms with Crippen molar-refractivity contribution in [3.63, 3.8) is 0 Å². The van der Waals surface area contributed by atoms with Gasteiger partial charge in [0.05, 0.1) is 0 Å². The molecule has 1 nitrogen and oxygen atoms in total. The monoisotopic (exact) mass is 177 g/mol. The summed E-state index contributed by atoms with van der Waals surface area (Å²) in [5.74, 6) is 1.31. The van der Waals surface area contributed by atoms with Crippen LogP contribution in [0.5, 0.6) is 0 Å². The summed E-state index contributed by atoms with van der Waals surface area (Å²) >= 11 is 0. The molecule has 0 saturated heterocycles. The van der Waals surface area contributed by atoms with Crippen LogP contribution in [-0.4, -0.2) is 5.71 Å². The summed E-state index contributed by atoms with van der Waals surface area (Å²) in [4.78, 5) is 4.30. The average Bonchev–Trinajstić information content (AvgIpc) is 1.93. The average molecular weight is 177 g/mol. The maximum atomic E-state index is 4.30. The first-order valence-electron chi connectivity index (χ1n) is 3.84. The predicted octanol–water partition coefficient (Wildman–Crippen LogP) is 2.64. The van der Waals surface area contributed by atoms with E-state index >= 15 is 0 Å². The maximum absolute atomic E-state index is 4.30. The van der Waals surface area contributed by atoms with Crippen molar-refractivity contribution in [2.75, 3.05) is 0 Å². The molecule has 0 fully saturated rings. The van der Waals surface area contributed by atoms with E-state index in [4.69, 9.17) is 0 Å². The summed E-state index contributed by atoms with van der Waals surface area (Å²) in [5, 5.41) is 0. The van der Waals surface area contributed by atoms with E-state index < -0.39 is 0 Å². The van der Waals surface area contributed by atoms with Crippen molar-refractivity contribution in [1.82, 2.24) is 0 Å². The van der Waals surface area contributed by atoms with E-state index in [9.17, 15) is 0 Å². The third-order valence-electron chi connectivity index (χ3n) is 2.60. The van der Waals surface area contributed by atoms with E-state index in [1.165, 1.54) is 11.3 Å². The van der Waals surface area contributed by atoms with Crippen LogP contribution in [0.2, 0.25) is 0 Å². The first kappa shape index (κ1) is 11.7. The third-order valence-corrected chi connectivity index (χ3v) is 2.60. The second-order valence-corrected chi connectivity index (χ2v) is 3.22. The van der Waals surface area contributed by atoms with Gasteiger partial charge in [-0.25, -0.2) is 0 Å². The Kier molecular flexibility index (Phi) is 4.92. The summed E-state index contributed by atoms with van der Waals surface area (Å²) in [5.41, 5.74) is 2.66. The molecule has 64 valence electrons. The zero-order chi connectivity index (χ0) is 7.72. The van der Waals surface area contributed by atoms with Crippen molar-refractivity contribution in [1.29, 1.82) is 0 Å². The Bertz CT molecular complexity index is 172. The molecule has 0 aromatic rings. The molecule has 0 aliphatic carbocycles. The largest absolute Gasteiger partial charge is 0.266 e. The fraction of sp³-hybridized carbons (Fsp3) is 0.667. The number of hydrogen-bond acceptors (Lipinski definition) is 1. The van der Waals surface area contributed by atoms with E-state index in [1.807, 2.05) is 6.20 Å². The van der Waals surface area contributed by atoms with Gasteiger partial charge in [0.15, 0.2) is 0 Å². The van der Waals surface area contributed by atoms with Gasteiger partial charge in [-0.1, -0.05) is 19.4 Å². The molecule has 1 rings (SSSR count). The van der Waals surface area contributed by atoms with Gasteiger partial charge in [-0.15, -0.1) is 0 Å². The van der Waals surface area contributed by atoms with Crippen molar-refractivity contribution >= 4 is 5.71 Å². The molecule has 2 atom stereocenters. The first-order valence-corrected chi connectivity index (χ1v) is 3.84. The molecule has 0 spiro atoms. The number of rotatable bonds is 0. The van der Waals surface area contributed by atoms with Gasteiger partial charge in [0.25, 0.3) is 0 Å². The molecule has 1 aliphatic heterocycles. The fourth-order valence-corrected chi connectivity index (χ4v) is 1.19. The predicted molar refractivity (Wildman–Crippen MR) is 45.2 cm³/mol. The van der Waals surface area contributed by atoms with Gasteiger partial charge in [-0.05, 0) is 19.8 Å². The molecule has 0 saturated carbocycles. The molecule has 11 heavy (non-hydrogen) atoms. The molecular weight excluding hydrogens is 162 g/mol. The number of nitrogens with zero attached hydrogens (tertiary/aromatic N) is 1. The van der Waals surface area contributed by atoms with Crippen LogP contribution in [0.3, 0.4) is 0 Å². The van der Waals surface area contributed by atoms with Gasteiger partial charge in [0, 0.05) is 55.6 Å². The smallest absolute Gasteiger partial charge is 0.0259 e. The SMILES string of the molecule is CC1=CN=C(C)C(C)C1C.[Ar]. The van der Waals surface area contributed by atoms with Crippen LogP contribution in [0, 0.1) is 49.6 Å².